The number of rotatable bonds is 10. The Morgan fingerprint density at radius 3 is 2.31 bits per heavy atom. The number of carbonyl (C=O) groups is 2. The molecule has 0 bridgehead atoms. The van der Waals surface area contributed by atoms with Gasteiger partial charge in [-0.2, -0.15) is 13.2 Å². The number of anilines is 1. The van der Waals surface area contributed by atoms with Gasteiger partial charge in [-0.15, -0.1) is 0 Å². The van der Waals surface area contributed by atoms with E-state index < -0.39 is 17.8 Å². The lowest BCUT2D eigenvalue weighted by molar-refractivity contribution is -0.137. The van der Waals surface area contributed by atoms with Crippen molar-refractivity contribution in [3.05, 3.63) is 63.1 Å². The quantitative estimate of drug-likeness (QED) is 0.366. The Morgan fingerprint density at radius 2 is 1.72 bits per heavy atom. The van der Waals surface area contributed by atoms with Crippen LogP contribution >= 0.6 is 23.2 Å². The van der Waals surface area contributed by atoms with Crippen LogP contribution in [0.1, 0.15) is 55.8 Å². The number of alkyl halides is 3. The Morgan fingerprint density at radius 1 is 1.03 bits per heavy atom. The largest absolute Gasteiger partial charge is 0.416 e. The highest BCUT2D eigenvalue weighted by Crippen LogP contribution is 2.37. The third-order valence-electron chi connectivity index (χ3n) is 6.74. The summed E-state index contributed by atoms with van der Waals surface area (Å²) in [5, 5.41) is 3.94. The maximum Gasteiger partial charge on any atom is 0.416 e. The second-order valence-corrected chi connectivity index (χ2v) is 11.0. The molecule has 39 heavy (non-hydrogen) atoms. The second kappa shape index (κ2) is 13.7. The molecule has 11 heteroatoms. The van der Waals surface area contributed by atoms with E-state index in [9.17, 15) is 22.8 Å². The molecule has 0 aromatic heterocycles. The first kappa shape index (κ1) is 31.0. The fourth-order valence-electron chi connectivity index (χ4n) is 4.75. The van der Waals surface area contributed by atoms with Gasteiger partial charge in [0.1, 0.15) is 0 Å². The maximum absolute atomic E-state index is 13.7. The number of amides is 2. The van der Waals surface area contributed by atoms with Crippen molar-refractivity contribution in [1.82, 2.24) is 10.2 Å². The van der Waals surface area contributed by atoms with E-state index in [0.29, 0.717) is 60.3 Å². The van der Waals surface area contributed by atoms with E-state index >= 15 is 0 Å². The number of nitrogens with one attached hydrogen (secondary N) is 1. The molecule has 2 aromatic rings. The zero-order valence-electron chi connectivity index (χ0n) is 22.2. The molecule has 1 fully saturated rings. The molecule has 1 aliphatic heterocycles. The number of aryl methyl sites for hydroxylation is 1. The van der Waals surface area contributed by atoms with Crippen molar-refractivity contribution in [2.75, 3.05) is 37.6 Å². The van der Waals surface area contributed by atoms with Crippen LogP contribution in [0.25, 0.3) is 0 Å². The van der Waals surface area contributed by atoms with E-state index in [0.717, 1.165) is 17.7 Å². The van der Waals surface area contributed by atoms with Crippen molar-refractivity contribution in [2.45, 2.75) is 51.7 Å². The van der Waals surface area contributed by atoms with Gasteiger partial charge in [0.2, 0.25) is 11.8 Å². The van der Waals surface area contributed by atoms with Crippen molar-refractivity contribution < 1.29 is 22.8 Å². The molecule has 1 saturated heterocycles. The number of nitrogens with two attached hydrogens (primary N) is 1. The highest BCUT2D eigenvalue weighted by atomic mass is 35.5. The van der Waals surface area contributed by atoms with Crippen LogP contribution in [0, 0.1) is 5.92 Å². The van der Waals surface area contributed by atoms with Crippen LogP contribution in [-0.2, 0) is 22.2 Å². The van der Waals surface area contributed by atoms with Crippen LogP contribution in [0.5, 0.6) is 0 Å². The van der Waals surface area contributed by atoms with E-state index in [2.05, 4.69) is 5.32 Å². The number of carbonyl (C=O) groups excluding carboxylic acids is 2. The Kier molecular flexibility index (Phi) is 10.9. The molecule has 1 aliphatic rings. The molecule has 1 atom stereocenters. The van der Waals surface area contributed by atoms with E-state index in [4.69, 9.17) is 28.9 Å². The van der Waals surface area contributed by atoms with Gasteiger partial charge in [0.05, 0.1) is 11.6 Å². The van der Waals surface area contributed by atoms with Gasteiger partial charge in [-0.05, 0) is 60.2 Å². The van der Waals surface area contributed by atoms with Gasteiger partial charge < -0.3 is 20.9 Å². The third-order valence-corrected chi connectivity index (χ3v) is 7.33. The summed E-state index contributed by atoms with van der Waals surface area (Å²) in [4.78, 5) is 29.0. The van der Waals surface area contributed by atoms with Crippen molar-refractivity contribution in [2.24, 2.45) is 11.7 Å². The molecule has 6 nitrogen and oxygen atoms in total. The molecule has 0 aliphatic carbocycles. The van der Waals surface area contributed by atoms with Crippen molar-refractivity contribution in [3.63, 3.8) is 0 Å². The van der Waals surface area contributed by atoms with Crippen LogP contribution in [-0.4, -0.2) is 49.4 Å². The fourth-order valence-corrected chi connectivity index (χ4v) is 5.25. The SMILES string of the molecule is CC(C)C[C@H](NC(=O)CCN)c1cc(C(F)(F)F)ccc1N1CCN(C(=O)CCc2ccc(Cl)cc2Cl)CC1. The Labute approximate surface area is 237 Å². The van der Waals surface area contributed by atoms with Crippen molar-refractivity contribution in [3.8, 4) is 0 Å². The summed E-state index contributed by atoms with van der Waals surface area (Å²) < 4.78 is 41.0. The second-order valence-electron chi connectivity index (χ2n) is 10.2. The average Bonchev–Trinajstić information content (AvgIpc) is 2.87. The molecule has 1 heterocycles. The van der Waals surface area contributed by atoms with Gasteiger partial charge in [0.15, 0.2) is 0 Å². The predicted octanol–water partition coefficient (Wildman–Crippen LogP) is 5.85. The lowest BCUT2D eigenvalue weighted by Gasteiger charge is -2.38. The summed E-state index contributed by atoms with van der Waals surface area (Å²) in [5.41, 5.74) is 6.64. The number of benzene rings is 2. The summed E-state index contributed by atoms with van der Waals surface area (Å²) in [5.74, 6) is -0.193. The minimum atomic E-state index is -4.52. The first-order valence-corrected chi connectivity index (χ1v) is 13.8. The van der Waals surface area contributed by atoms with E-state index in [1.807, 2.05) is 24.8 Å². The number of hydrogen-bond donors (Lipinski definition) is 2. The highest BCUT2D eigenvalue weighted by Gasteiger charge is 2.33. The molecule has 3 N–H and O–H groups in total. The molecule has 0 spiro atoms. The zero-order chi connectivity index (χ0) is 28.7. The molecule has 0 saturated carbocycles. The lowest BCUT2D eigenvalue weighted by atomic mass is 9.93. The molecule has 2 amide bonds. The maximum atomic E-state index is 13.7. The van der Waals surface area contributed by atoms with Gasteiger partial charge in [-0.25, -0.2) is 0 Å². The monoisotopic (exact) mass is 586 g/mol. The number of piperazine rings is 1. The minimum absolute atomic E-state index is 0.0139. The first-order valence-electron chi connectivity index (χ1n) is 13.1. The van der Waals surface area contributed by atoms with Gasteiger partial charge in [0.25, 0.3) is 0 Å². The molecule has 0 radical (unpaired) electrons. The lowest BCUT2D eigenvalue weighted by Crippen LogP contribution is -2.49. The van der Waals surface area contributed by atoms with Gasteiger partial charge in [0, 0.05) is 61.3 Å². The molecular formula is C28H35Cl2F3N4O2. The van der Waals surface area contributed by atoms with Crippen LogP contribution in [0.2, 0.25) is 10.0 Å². The molecular weight excluding hydrogens is 552 g/mol. The molecule has 2 aromatic carbocycles. The summed E-state index contributed by atoms with van der Waals surface area (Å²) in [7, 11) is 0. The minimum Gasteiger partial charge on any atom is -0.368 e. The Balaban J connectivity index is 1.76. The van der Waals surface area contributed by atoms with Crippen LogP contribution in [0.4, 0.5) is 18.9 Å². The van der Waals surface area contributed by atoms with Crippen molar-refractivity contribution >= 4 is 40.7 Å². The van der Waals surface area contributed by atoms with Crippen LogP contribution < -0.4 is 16.0 Å². The zero-order valence-corrected chi connectivity index (χ0v) is 23.7. The van der Waals surface area contributed by atoms with Gasteiger partial charge in [-0.1, -0.05) is 43.1 Å². The van der Waals surface area contributed by atoms with Crippen LogP contribution in [0.15, 0.2) is 36.4 Å². The van der Waals surface area contributed by atoms with Crippen molar-refractivity contribution in [1.29, 1.82) is 0 Å². The standard InChI is InChI=1S/C28H35Cl2F3N4O2/c1-18(2)15-24(35-26(38)9-10-34)22-16-20(28(31,32)33)5-7-25(22)36-11-13-37(14-12-36)27(39)8-4-19-3-6-21(29)17-23(19)30/h3,5-7,16-18,24H,4,8-15,34H2,1-2H3,(H,35,38)/t24-/m0/s1. The van der Waals surface area contributed by atoms with Gasteiger partial charge in [-0.3, -0.25) is 9.59 Å². The third kappa shape index (κ3) is 8.75. The highest BCUT2D eigenvalue weighted by molar-refractivity contribution is 6.35. The summed E-state index contributed by atoms with van der Waals surface area (Å²) in [6, 6.07) is 8.26. The van der Waals surface area contributed by atoms with Gasteiger partial charge >= 0.3 is 6.18 Å². The average molecular weight is 588 g/mol. The summed E-state index contributed by atoms with van der Waals surface area (Å²) in [6.07, 6.45) is -3.19. The van der Waals surface area contributed by atoms with E-state index in [1.165, 1.54) is 6.07 Å². The smallest absolute Gasteiger partial charge is 0.368 e. The molecule has 0 unspecified atom stereocenters. The number of hydrogen-bond acceptors (Lipinski definition) is 4. The number of halogens is 5. The molecule has 3 rings (SSSR count). The van der Waals surface area contributed by atoms with E-state index in [1.54, 1.807) is 17.0 Å². The topological polar surface area (TPSA) is 78.7 Å². The predicted molar refractivity (Wildman–Crippen MR) is 149 cm³/mol. The first-order chi connectivity index (χ1) is 18.4. The Bertz CT molecular complexity index is 1150. The molecule has 214 valence electrons. The summed E-state index contributed by atoms with van der Waals surface area (Å²) in [6.45, 7) is 5.84. The Hall–Kier alpha value is -2.49. The van der Waals surface area contributed by atoms with E-state index in [-0.39, 0.29) is 37.1 Å². The fraction of sp³-hybridized carbons (Fsp3) is 0.500. The normalized spacial score (nSPS) is 15.0. The van der Waals surface area contributed by atoms with Crippen LogP contribution in [0.3, 0.4) is 0 Å². The number of nitrogens with zero attached hydrogens (tertiary/aromatic N) is 2. The summed E-state index contributed by atoms with van der Waals surface area (Å²) >= 11 is 12.2.